The summed E-state index contributed by atoms with van der Waals surface area (Å²) in [6.07, 6.45) is -0.760. The van der Waals surface area contributed by atoms with Crippen molar-refractivity contribution < 1.29 is 28.8 Å². The molecule has 1 aliphatic rings. The van der Waals surface area contributed by atoms with E-state index in [2.05, 4.69) is 15.8 Å². The van der Waals surface area contributed by atoms with E-state index in [-0.39, 0.29) is 24.1 Å². The second-order valence-corrected chi connectivity index (χ2v) is 7.06. The number of amides is 2. The molecule has 2 aromatic carbocycles. The van der Waals surface area contributed by atoms with Gasteiger partial charge >= 0.3 is 12.1 Å². The normalized spacial score (nSPS) is 13.1. The first-order valence-corrected chi connectivity index (χ1v) is 9.56. The lowest BCUT2D eigenvalue weighted by Crippen LogP contribution is -2.38. The van der Waals surface area contributed by atoms with Crippen molar-refractivity contribution in [1.82, 2.24) is 10.5 Å². The van der Waals surface area contributed by atoms with Crippen LogP contribution < -0.4 is 10.6 Å². The SMILES string of the molecule is C[C@@H](NC(=O)c1cc(NC(=O)OCC2c3ccccc3-c3ccccc32)on1)C(=O)O. The Kier molecular flexibility index (Phi) is 5.40. The van der Waals surface area contributed by atoms with Crippen LogP contribution in [0.25, 0.3) is 11.1 Å². The highest BCUT2D eigenvalue weighted by molar-refractivity contribution is 5.96. The topological polar surface area (TPSA) is 131 Å². The maximum absolute atomic E-state index is 12.2. The Labute approximate surface area is 177 Å². The van der Waals surface area contributed by atoms with E-state index in [0.29, 0.717) is 0 Å². The summed E-state index contributed by atoms with van der Waals surface area (Å²) in [5, 5.41) is 17.0. The lowest BCUT2D eigenvalue weighted by Gasteiger charge is -2.13. The van der Waals surface area contributed by atoms with E-state index >= 15 is 0 Å². The third-order valence-electron chi connectivity index (χ3n) is 5.03. The van der Waals surface area contributed by atoms with Gasteiger partial charge in [0.15, 0.2) is 5.69 Å². The molecular formula is C22H19N3O6. The summed E-state index contributed by atoms with van der Waals surface area (Å²) in [7, 11) is 0. The van der Waals surface area contributed by atoms with Gasteiger partial charge in [-0.1, -0.05) is 53.7 Å². The summed E-state index contributed by atoms with van der Waals surface area (Å²) in [5.74, 6) is -2.11. The minimum absolute atomic E-state index is 0.0910. The molecule has 158 valence electrons. The summed E-state index contributed by atoms with van der Waals surface area (Å²) in [4.78, 5) is 35.0. The Bertz CT molecular complexity index is 1110. The molecule has 0 aliphatic heterocycles. The predicted molar refractivity (Wildman–Crippen MR) is 110 cm³/mol. The van der Waals surface area contributed by atoms with Crippen LogP contribution in [-0.4, -0.2) is 40.9 Å². The van der Waals surface area contributed by atoms with Gasteiger partial charge in [-0.25, -0.2) is 4.79 Å². The van der Waals surface area contributed by atoms with Crippen LogP contribution in [0.15, 0.2) is 59.1 Å². The zero-order valence-corrected chi connectivity index (χ0v) is 16.5. The van der Waals surface area contributed by atoms with Crippen molar-refractivity contribution in [3.05, 3.63) is 71.4 Å². The Morgan fingerprint density at radius 1 is 1.10 bits per heavy atom. The van der Waals surface area contributed by atoms with Gasteiger partial charge in [0, 0.05) is 12.0 Å². The molecule has 4 rings (SSSR count). The Hall–Kier alpha value is -4.14. The van der Waals surface area contributed by atoms with E-state index in [0.717, 1.165) is 22.3 Å². The van der Waals surface area contributed by atoms with Crippen LogP contribution in [-0.2, 0) is 9.53 Å². The molecule has 1 aromatic heterocycles. The van der Waals surface area contributed by atoms with E-state index < -0.39 is 24.0 Å². The number of anilines is 1. The molecule has 31 heavy (non-hydrogen) atoms. The van der Waals surface area contributed by atoms with Crippen LogP contribution in [0.3, 0.4) is 0 Å². The number of carboxylic acids is 1. The number of hydrogen-bond acceptors (Lipinski definition) is 6. The summed E-state index contributed by atoms with van der Waals surface area (Å²) < 4.78 is 10.3. The van der Waals surface area contributed by atoms with E-state index in [1.807, 2.05) is 48.5 Å². The minimum atomic E-state index is -1.19. The van der Waals surface area contributed by atoms with Gasteiger partial charge in [0.25, 0.3) is 5.91 Å². The lowest BCUT2D eigenvalue weighted by molar-refractivity contribution is -0.138. The molecule has 0 unspecified atom stereocenters. The number of benzene rings is 2. The molecule has 1 heterocycles. The largest absolute Gasteiger partial charge is 0.480 e. The fourth-order valence-electron chi connectivity index (χ4n) is 3.51. The van der Waals surface area contributed by atoms with Crippen LogP contribution >= 0.6 is 0 Å². The smallest absolute Gasteiger partial charge is 0.414 e. The second-order valence-electron chi connectivity index (χ2n) is 7.06. The fourth-order valence-corrected chi connectivity index (χ4v) is 3.51. The molecule has 0 bridgehead atoms. The number of aliphatic carboxylic acids is 1. The number of hydrogen-bond donors (Lipinski definition) is 3. The molecule has 0 fully saturated rings. The van der Waals surface area contributed by atoms with Crippen molar-refractivity contribution in [3.8, 4) is 11.1 Å². The Morgan fingerprint density at radius 3 is 2.32 bits per heavy atom. The monoisotopic (exact) mass is 421 g/mol. The number of fused-ring (bicyclic) bond motifs is 3. The molecular weight excluding hydrogens is 402 g/mol. The summed E-state index contributed by atoms with van der Waals surface area (Å²) in [6, 6.07) is 16.0. The van der Waals surface area contributed by atoms with Crippen molar-refractivity contribution in [3.63, 3.8) is 0 Å². The number of carbonyl (C=O) groups is 3. The van der Waals surface area contributed by atoms with Crippen LogP contribution in [0.4, 0.5) is 10.7 Å². The summed E-state index contributed by atoms with van der Waals surface area (Å²) in [5.41, 5.74) is 4.24. The highest BCUT2D eigenvalue weighted by Crippen LogP contribution is 2.44. The van der Waals surface area contributed by atoms with Gasteiger partial charge in [0.05, 0.1) is 0 Å². The quantitative estimate of drug-likeness (QED) is 0.557. The van der Waals surface area contributed by atoms with Gasteiger partial charge in [-0.3, -0.25) is 14.9 Å². The number of ether oxygens (including phenoxy) is 1. The average Bonchev–Trinajstić information content (AvgIpc) is 3.35. The maximum Gasteiger partial charge on any atom is 0.414 e. The molecule has 0 radical (unpaired) electrons. The number of rotatable bonds is 6. The molecule has 2 amide bonds. The number of nitrogens with zero attached hydrogens (tertiary/aromatic N) is 1. The van der Waals surface area contributed by atoms with Crippen molar-refractivity contribution in [1.29, 1.82) is 0 Å². The lowest BCUT2D eigenvalue weighted by atomic mass is 9.98. The van der Waals surface area contributed by atoms with E-state index in [4.69, 9.17) is 14.4 Å². The van der Waals surface area contributed by atoms with E-state index in [1.54, 1.807) is 0 Å². The molecule has 0 spiro atoms. The highest BCUT2D eigenvalue weighted by atomic mass is 16.6. The van der Waals surface area contributed by atoms with Crippen LogP contribution in [0, 0.1) is 0 Å². The van der Waals surface area contributed by atoms with Crippen LogP contribution in [0.1, 0.15) is 34.5 Å². The average molecular weight is 421 g/mol. The van der Waals surface area contributed by atoms with Crippen molar-refractivity contribution in [2.45, 2.75) is 18.9 Å². The molecule has 0 saturated carbocycles. The highest BCUT2D eigenvalue weighted by Gasteiger charge is 2.29. The van der Waals surface area contributed by atoms with E-state index in [1.165, 1.54) is 13.0 Å². The minimum Gasteiger partial charge on any atom is -0.480 e. The third kappa shape index (κ3) is 4.11. The van der Waals surface area contributed by atoms with Gasteiger partial charge in [-0.2, -0.15) is 0 Å². The zero-order valence-electron chi connectivity index (χ0n) is 16.5. The Morgan fingerprint density at radius 2 is 1.71 bits per heavy atom. The van der Waals surface area contributed by atoms with Gasteiger partial charge in [-0.05, 0) is 29.2 Å². The maximum atomic E-state index is 12.2. The summed E-state index contributed by atoms with van der Waals surface area (Å²) in [6.45, 7) is 1.44. The zero-order chi connectivity index (χ0) is 22.0. The predicted octanol–water partition coefficient (Wildman–Crippen LogP) is 3.24. The number of carboxylic acid groups (broad SMARTS) is 1. The van der Waals surface area contributed by atoms with E-state index in [9.17, 15) is 14.4 Å². The molecule has 3 N–H and O–H groups in total. The van der Waals surface area contributed by atoms with Crippen molar-refractivity contribution in [2.75, 3.05) is 11.9 Å². The number of aromatic nitrogens is 1. The first-order chi connectivity index (χ1) is 14.9. The summed E-state index contributed by atoms with van der Waals surface area (Å²) >= 11 is 0. The first kappa shape index (κ1) is 20.1. The molecule has 1 aliphatic carbocycles. The molecule has 9 heteroatoms. The molecule has 0 saturated heterocycles. The third-order valence-corrected chi connectivity index (χ3v) is 5.03. The van der Waals surface area contributed by atoms with Crippen molar-refractivity contribution >= 4 is 23.9 Å². The van der Waals surface area contributed by atoms with Gasteiger partial charge in [0.2, 0.25) is 5.88 Å². The Balaban J connectivity index is 1.38. The first-order valence-electron chi connectivity index (χ1n) is 9.56. The van der Waals surface area contributed by atoms with Crippen molar-refractivity contribution in [2.24, 2.45) is 0 Å². The number of carbonyl (C=O) groups excluding carboxylic acids is 2. The molecule has 1 atom stereocenters. The fraction of sp³-hybridized carbons (Fsp3) is 0.182. The van der Waals surface area contributed by atoms with Crippen LogP contribution in [0.2, 0.25) is 0 Å². The van der Waals surface area contributed by atoms with Gasteiger partial charge < -0.3 is 19.7 Å². The van der Waals surface area contributed by atoms with Gasteiger partial charge in [0.1, 0.15) is 12.6 Å². The second kappa shape index (κ2) is 8.31. The van der Waals surface area contributed by atoms with Crippen LogP contribution in [0.5, 0.6) is 0 Å². The number of nitrogens with one attached hydrogen (secondary N) is 2. The molecule has 3 aromatic rings. The molecule has 9 nitrogen and oxygen atoms in total. The standard InChI is InChI=1S/C22H19N3O6/c1-12(21(27)28)23-20(26)18-10-19(31-25-18)24-22(29)30-11-17-15-8-4-2-6-13(15)14-7-3-5-9-16(14)17/h2-10,12,17H,11H2,1H3,(H,23,26)(H,24,29)(H,27,28)/t12-/m1/s1. The van der Waals surface area contributed by atoms with Gasteiger partial charge in [-0.15, -0.1) is 0 Å².